The number of amides is 2. The van der Waals surface area contributed by atoms with Gasteiger partial charge in [0.25, 0.3) is 5.91 Å². The molecule has 1 unspecified atom stereocenters. The molecule has 0 saturated carbocycles. The zero-order chi connectivity index (χ0) is 17.4. The number of carbonyl (C=O) groups is 2. The third-order valence-corrected chi connectivity index (χ3v) is 2.87. The quantitative estimate of drug-likeness (QED) is 0.858. The summed E-state index contributed by atoms with van der Waals surface area (Å²) in [6.07, 6.45) is -0.831. The van der Waals surface area contributed by atoms with E-state index in [9.17, 15) is 9.59 Å². The van der Waals surface area contributed by atoms with Crippen molar-refractivity contribution in [1.29, 1.82) is 0 Å². The molecule has 1 saturated heterocycles. The molecule has 0 spiro atoms. The molecule has 128 valence electrons. The van der Waals surface area contributed by atoms with Crippen LogP contribution >= 0.6 is 0 Å². The summed E-state index contributed by atoms with van der Waals surface area (Å²) in [6, 6.07) is 3.29. The Balaban J connectivity index is 0.000000615. The third kappa shape index (κ3) is 4.32. The first-order valence-electron chi connectivity index (χ1n) is 7.79. The van der Waals surface area contributed by atoms with E-state index in [-0.39, 0.29) is 25.2 Å². The molecule has 0 radical (unpaired) electrons. The molecule has 8 heteroatoms. The summed E-state index contributed by atoms with van der Waals surface area (Å²) in [4.78, 5) is 28.5. The zero-order valence-electron chi connectivity index (χ0n) is 14.0. The molecule has 3 N–H and O–H groups in total. The van der Waals surface area contributed by atoms with Gasteiger partial charge in [0.15, 0.2) is 18.2 Å². The van der Waals surface area contributed by atoms with Crippen molar-refractivity contribution in [3.63, 3.8) is 0 Å². The lowest BCUT2D eigenvalue weighted by molar-refractivity contribution is -0.118. The molecule has 2 aliphatic heterocycles. The smallest absolute Gasteiger partial charge is 0.416 e. The van der Waals surface area contributed by atoms with Crippen LogP contribution in [-0.2, 0) is 9.53 Å². The van der Waals surface area contributed by atoms with E-state index in [1.54, 1.807) is 12.1 Å². The van der Waals surface area contributed by atoms with Crippen molar-refractivity contribution in [2.45, 2.75) is 33.8 Å². The summed E-state index contributed by atoms with van der Waals surface area (Å²) >= 11 is 0. The molecular formula is C15H24N4O4. The predicted octanol–water partition coefficient (Wildman–Crippen LogP) is 1.75. The average molecular weight is 324 g/mol. The minimum absolute atomic E-state index is 0.0327. The number of fused-ring (bicyclic) bond motifs is 1. The molecule has 2 aliphatic rings. The molecule has 0 aromatic carbocycles. The Hall–Kier alpha value is -2.35. The van der Waals surface area contributed by atoms with Crippen LogP contribution in [-0.4, -0.2) is 42.8 Å². The first kappa shape index (κ1) is 18.7. The number of carbonyl (C=O) groups excluding carboxylic acids is 2. The number of aromatic nitrogens is 1. The van der Waals surface area contributed by atoms with Crippen molar-refractivity contribution in [2.24, 2.45) is 5.73 Å². The number of nitrogens with one attached hydrogen (secondary N) is 1. The van der Waals surface area contributed by atoms with Gasteiger partial charge >= 0.3 is 6.09 Å². The number of rotatable bonds is 2. The number of pyridine rings is 1. The molecule has 2 amide bonds. The monoisotopic (exact) mass is 324 g/mol. The van der Waals surface area contributed by atoms with Crippen LogP contribution in [0.1, 0.15) is 27.7 Å². The summed E-state index contributed by atoms with van der Waals surface area (Å²) in [5.74, 6) is 0.899. The highest BCUT2D eigenvalue weighted by atomic mass is 16.6. The van der Waals surface area contributed by atoms with Gasteiger partial charge in [-0.2, -0.15) is 0 Å². The van der Waals surface area contributed by atoms with Crippen LogP contribution < -0.4 is 20.7 Å². The fourth-order valence-corrected chi connectivity index (χ4v) is 1.94. The molecule has 3 heterocycles. The molecule has 1 aromatic heterocycles. The molecule has 1 aromatic rings. The van der Waals surface area contributed by atoms with Gasteiger partial charge in [0.1, 0.15) is 11.9 Å². The highest BCUT2D eigenvalue weighted by Gasteiger charge is 2.33. The van der Waals surface area contributed by atoms with Gasteiger partial charge in [-0.3, -0.25) is 9.69 Å². The molecule has 1 fully saturated rings. The molecule has 23 heavy (non-hydrogen) atoms. The van der Waals surface area contributed by atoms with Crippen molar-refractivity contribution < 1.29 is 19.1 Å². The van der Waals surface area contributed by atoms with E-state index >= 15 is 0 Å². The number of hydrogen-bond donors (Lipinski definition) is 2. The van der Waals surface area contributed by atoms with E-state index in [1.807, 2.05) is 27.7 Å². The van der Waals surface area contributed by atoms with Crippen LogP contribution in [0.3, 0.4) is 0 Å². The largest absolute Gasteiger partial charge is 0.480 e. The molecule has 8 nitrogen and oxygen atoms in total. The highest BCUT2D eigenvalue weighted by molar-refractivity contribution is 5.95. The van der Waals surface area contributed by atoms with Crippen molar-refractivity contribution in [1.82, 2.24) is 4.98 Å². The second kappa shape index (κ2) is 8.94. The van der Waals surface area contributed by atoms with Crippen molar-refractivity contribution in [3.05, 3.63) is 12.1 Å². The molecular weight excluding hydrogens is 300 g/mol. The average Bonchev–Trinajstić information content (AvgIpc) is 2.99. The SMILES string of the molecule is CC.CC.NCC1CN(c2ccc3c(n2)NC(=O)CO3)C(=O)O1. The summed E-state index contributed by atoms with van der Waals surface area (Å²) in [5, 5.41) is 2.59. The van der Waals surface area contributed by atoms with E-state index in [1.165, 1.54) is 4.90 Å². The van der Waals surface area contributed by atoms with Gasteiger partial charge in [0.05, 0.1) is 6.54 Å². The van der Waals surface area contributed by atoms with E-state index in [4.69, 9.17) is 15.2 Å². The standard InChI is InChI=1S/C11H12N4O4.2C2H6/c12-3-6-4-15(11(17)19-6)8-2-1-7-10(13-8)14-9(16)5-18-7;2*1-2/h1-2,6H,3-5,12H2,(H,13,14,16);2*1-2H3. The predicted molar refractivity (Wildman–Crippen MR) is 87.7 cm³/mol. The lowest BCUT2D eigenvalue weighted by Gasteiger charge is -2.19. The number of hydrogen-bond acceptors (Lipinski definition) is 6. The lowest BCUT2D eigenvalue weighted by atomic mass is 10.3. The van der Waals surface area contributed by atoms with Crippen LogP contribution in [0.25, 0.3) is 0 Å². The molecule has 3 rings (SSSR count). The molecule has 1 atom stereocenters. The normalized spacial score (nSPS) is 18.3. The first-order valence-corrected chi connectivity index (χ1v) is 7.79. The van der Waals surface area contributed by atoms with Gasteiger partial charge in [-0.05, 0) is 12.1 Å². The Kier molecular flexibility index (Phi) is 7.27. The summed E-state index contributed by atoms with van der Waals surface area (Å²) in [5.41, 5.74) is 5.46. The van der Waals surface area contributed by atoms with Crippen LogP contribution in [0.4, 0.5) is 16.4 Å². The van der Waals surface area contributed by atoms with E-state index < -0.39 is 6.09 Å². The Labute approximate surface area is 136 Å². The van der Waals surface area contributed by atoms with E-state index in [0.717, 1.165) is 0 Å². The van der Waals surface area contributed by atoms with E-state index in [0.29, 0.717) is 23.9 Å². The maximum absolute atomic E-state index is 11.7. The summed E-state index contributed by atoms with van der Waals surface area (Å²) < 4.78 is 10.2. The minimum atomic E-state index is -0.494. The maximum Gasteiger partial charge on any atom is 0.416 e. The van der Waals surface area contributed by atoms with Crippen LogP contribution in [0.2, 0.25) is 0 Å². The van der Waals surface area contributed by atoms with Gasteiger partial charge in [-0.15, -0.1) is 0 Å². The number of cyclic esters (lactones) is 1. The molecule has 0 bridgehead atoms. The Morgan fingerprint density at radius 1 is 1.30 bits per heavy atom. The van der Waals surface area contributed by atoms with Gasteiger partial charge in [0, 0.05) is 6.54 Å². The first-order chi connectivity index (χ1) is 11.2. The van der Waals surface area contributed by atoms with Crippen LogP contribution in [0.5, 0.6) is 5.75 Å². The van der Waals surface area contributed by atoms with Gasteiger partial charge in [-0.25, -0.2) is 9.78 Å². The Morgan fingerprint density at radius 2 is 2.00 bits per heavy atom. The van der Waals surface area contributed by atoms with Crippen molar-refractivity contribution in [3.8, 4) is 5.75 Å². The number of nitrogens with two attached hydrogens (primary N) is 1. The third-order valence-electron chi connectivity index (χ3n) is 2.87. The summed E-state index contributed by atoms with van der Waals surface area (Å²) in [6.45, 7) is 8.57. The number of anilines is 2. The topological polar surface area (TPSA) is 107 Å². The number of nitrogens with zero attached hydrogens (tertiary/aromatic N) is 2. The fraction of sp³-hybridized carbons (Fsp3) is 0.533. The van der Waals surface area contributed by atoms with Crippen LogP contribution in [0, 0.1) is 0 Å². The van der Waals surface area contributed by atoms with Crippen molar-refractivity contribution in [2.75, 3.05) is 29.9 Å². The second-order valence-electron chi connectivity index (χ2n) is 4.21. The second-order valence-corrected chi connectivity index (χ2v) is 4.21. The molecule has 0 aliphatic carbocycles. The van der Waals surface area contributed by atoms with Crippen LogP contribution in [0.15, 0.2) is 12.1 Å². The Bertz CT molecular complexity index is 550. The minimum Gasteiger partial charge on any atom is -0.480 e. The number of ether oxygens (including phenoxy) is 2. The van der Waals surface area contributed by atoms with E-state index in [2.05, 4.69) is 10.3 Å². The fourth-order valence-electron chi connectivity index (χ4n) is 1.94. The van der Waals surface area contributed by atoms with Gasteiger partial charge in [0.2, 0.25) is 0 Å². The van der Waals surface area contributed by atoms with Gasteiger partial charge in [-0.1, -0.05) is 27.7 Å². The van der Waals surface area contributed by atoms with Gasteiger partial charge < -0.3 is 20.5 Å². The van der Waals surface area contributed by atoms with Crippen molar-refractivity contribution >= 4 is 23.6 Å². The lowest BCUT2D eigenvalue weighted by Crippen LogP contribution is -2.30. The summed E-state index contributed by atoms with van der Waals surface area (Å²) in [7, 11) is 0. The maximum atomic E-state index is 11.7. The Morgan fingerprint density at radius 3 is 2.61 bits per heavy atom. The zero-order valence-corrected chi connectivity index (χ0v) is 14.0. The highest BCUT2D eigenvalue weighted by Crippen LogP contribution is 2.29.